The second-order valence-electron chi connectivity index (χ2n) is 7.44. The van der Waals surface area contributed by atoms with Gasteiger partial charge in [-0.2, -0.15) is 0 Å². The summed E-state index contributed by atoms with van der Waals surface area (Å²) in [4.78, 5) is 49.4. The number of aliphatic hydroxyl groups is 1. The highest BCUT2D eigenvalue weighted by molar-refractivity contribution is 6.21. The van der Waals surface area contributed by atoms with Crippen molar-refractivity contribution < 1.29 is 34.5 Å². The van der Waals surface area contributed by atoms with E-state index in [4.69, 9.17) is 0 Å². The molecule has 3 atom stereocenters. The van der Waals surface area contributed by atoms with Crippen LogP contribution in [0.2, 0.25) is 0 Å². The molecule has 9 heteroatoms. The van der Waals surface area contributed by atoms with Crippen molar-refractivity contribution in [3.05, 3.63) is 71.5 Å². The lowest BCUT2D eigenvalue weighted by molar-refractivity contribution is -0.127. The summed E-state index contributed by atoms with van der Waals surface area (Å²) in [5.74, 6) is -4.08. The SMILES string of the molecule is C[C@@H]1C(=O)NC2=CC(=O)C=C(C2=O)[C@@H](Nc2cc(O)ccc2C(=O)O)C/C=C\C=C\[C@H]1O. The van der Waals surface area contributed by atoms with Gasteiger partial charge in [-0.25, -0.2) is 4.79 Å². The summed E-state index contributed by atoms with van der Waals surface area (Å²) < 4.78 is 0. The van der Waals surface area contributed by atoms with Crippen LogP contribution in [-0.2, 0) is 14.4 Å². The maximum atomic E-state index is 13.1. The number of phenolic OH excluding ortho intramolecular Hbond substituents is 1. The van der Waals surface area contributed by atoms with Gasteiger partial charge in [-0.3, -0.25) is 14.4 Å². The summed E-state index contributed by atoms with van der Waals surface area (Å²) >= 11 is 0. The molecule has 1 aromatic rings. The first-order chi connectivity index (χ1) is 15.2. The number of carboxylic acids is 1. The number of allylic oxidation sites excluding steroid dienone is 5. The lowest BCUT2D eigenvalue weighted by Gasteiger charge is -2.25. The number of aliphatic hydroxyl groups excluding tert-OH is 1. The van der Waals surface area contributed by atoms with Crippen LogP contribution in [0.3, 0.4) is 0 Å². The predicted molar refractivity (Wildman–Crippen MR) is 115 cm³/mol. The van der Waals surface area contributed by atoms with Crippen LogP contribution < -0.4 is 10.6 Å². The second-order valence-corrected chi connectivity index (χ2v) is 7.44. The first kappa shape index (κ1) is 22.7. The van der Waals surface area contributed by atoms with Gasteiger partial charge in [0, 0.05) is 17.7 Å². The van der Waals surface area contributed by atoms with Crippen molar-refractivity contribution in [1.29, 1.82) is 0 Å². The van der Waals surface area contributed by atoms with E-state index < -0.39 is 41.5 Å². The number of Topliss-reactive ketones (excluding diaryl/α,β-unsaturated/α-hetero) is 1. The molecule has 1 heterocycles. The molecule has 0 fully saturated rings. The molecule has 2 bridgehead atoms. The molecule has 3 rings (SSSR count). The van der Waals surface area contributed by atoms with Gasteiger partial charge in [-0.15, -0.1) is 0 Å². The number of hydrogen-bond donors (Lipinski definition) is 5. The summed E-state index contributed by atoms with van der Waals surface area (Å²) in [6, 6.07) is 2.80. The quantitative estimate of drug-likeness (QED) is 0.445. The Kier molecular flexibility index (Phi) is 6.70. The molecule has 1 amide bonds. The van der Waals surface area contributed by atoms with E-state index in [1.807, 2.05) is 0 Å². The van der Waals surface area contributed by atoms with Gasteiger partial charge >= 0.3 is 5.97 Å². The number of carbonyl (C=O) groups excluding carboxylic acids is 3. The summed E-state index contributed by atoms with van der Waals surface area (Å²) in [5.41, 5.74) is -0.287. The number of aromatic hydroxyl groups is 1. The van der Waals surface area contributed by atoms with Crippen molar-refractivity contribution in [3.63, 3.8) is 0 Å². The Bertz CT molecular complexity index is 1100. The highest BCUT2D eigenvalue weighted by atomic mass is 16.4. The van der Waals surface area contributed by atoms with Crippen LogP contribution in [0.1, 0.15) is 23.7 Å². The Morgan fingerprint density at radius 1 is 1.16 bits per heavy atom. The average molecular weight is 438 g/mol. The van der Waals surface area contributed by atoms with E-state index in [0.29, 0.717) is 0 Å². The number of phenols is 1. The van der Waals surface area contributed by atoms with Gasteiger partial charge in [0.2, 0.25) is 11.7 Å². The van der Waals surface area contributed by atoms with E-state index >= 15 is 0 Å². The fraction of sp³-hybridized carbons (Fsp3) is 0.217. The molecule has 1 aliphatic heterocycles. The molecule has 0 radical (unpaired) electrons. The molecule has 166 valence electrons. The molecule has 1 aromatic carbocycles. The third kappa shape index (κ3) is 5.01. The monoisotopic (exact) mass is 438 g/mol. The molecule has 0 saturated carbocycles. The fourth-order valence-corrected chi connectivity index (χ4v) is 3.30. The molecular weight excluding hydrogens is 416 g/mol. The molecule has 0 unspecified atom stereocenters. The number of carboxylic acid groups (broad SMARTS) is 1. The largest absolute Gasteiger partial charge is 0.508 e. The third-order valence-corrected chi connectivity index (χ3v) is 5.14. The average Bonchev–Trinajstić information content (AvgIpc) is 2.73. The normalized spacial score (nSPS) is 25.8. The van der Waals surface area contributed by atoms with E-state index in [2.05, 4.69) is 10.6 Å². The van der Waals surface area contributed by atoms with Crippen molar-refractivity contribution in [2.45, 2.75) is 25.5 Å². The van der Waals surface area contributed by atoms with Crippen molar-refractivity contribution >= 4 is 29.1 Å². The fourth-order valence-electron chi connectivity index (χ4n) is 3.30. The number of amides is 1. The lowest BCUT2D eigenvalue weighted by Crippen LogP contribution is -2.40. The van der Waals surface area contributed by atoms with Gasteiger partial charge in [-0.1, -0.05) is 31.2 Å². The number of hydrogen-bond acceptors (Lipinski definition) is 7. The van der Waals surface area contributed by atoms with Crippen molar-refractivity contribution in [3.8, 4) is 5.75 Å². The standard InChI is InChI=1S/C23H22N2O7/c1-12-20(28)6-4-2-3-5-17(24-18-10-13(26)7-8-15(18)23(31)32)16-9-14(27)11-19(21(16)29)25-22(12)30/h2-4,6-12,17,20,24,26,28H,5H2,1H3,(H,25,30)(H,31,32)/b3-2-,6-4+/t12-,17-,20+/m0/s1. The molecule has 9 nitrogen and oxygen atoms in total. The minimum atomic E-state index is -1.24. The smallest absolute Gasteiger partial charge is 0.337 e. The predicted octanol–water partition coefficient (Wildman–Crippen LogP) is 1.46. The minimum Gasteiger partial charge on any atom is -0.508 e. The maximum Gasteiger partial charge on any atom is 0.337 e. The Labute approximate surface area is 183 Å². The summed E-state index contributed by atoms with van der Waals surface area (Å²) in [6.07, 6.45) is 7.43. The van der Waals surface area contributed by atoms with E-state index in [1.54, 1.807) is 18.2 Å². The number of benzene rings is 1. The highest BCUT2D eigenvalue weighted by Gasteiger charge is 2.31. The van der Waals surface area contributed by atoms with Crippen molar-refractivity contribution in [1.82, 2.24) is 5.32 Å². The van der Waals surface area contributed by atoms with Gasteiger partial charge in [-0.05, 0) is 24.6 Å². The van der Waals surface area contributed by atoms with Crippen LogP contribution in [0.4, 0.5) is 5.69 Å². The van der Waals surface area contributed by atoms with Crippen LogP contribution in [0.25, 0.3) is 0 Å². The topological polar surface area (TPSA) is 153 Å². The van der Waals surface area contributed by atoms with Gasteiger partial charge < -0.3 is 26.0 Å². The molecule has 32 heavy (non-hydrogen) atoms. The molecule has 0 aromatic heterocycles. The second kappa shape index (κ2) is 9.44. The zero-order chi connectivity index (χ0) is 23.4. The molecule has 5 N–H and O–H groups in total. The van der Waals surface area contributed by atoms with Gasteiger partial charge in [0.25, 0.3) is 0 Å². The molecule has 2 aliphatic rings. The Morgan fingerprint density at radius 2 is 1.91 bits per heavy atom. The van der Waals surface area contributed by atoms with Crippen LogP contribution in [-0.4, -0.2) is 50.9 Å². The summed E-state index contributed by atoms with van der Waals surface area (Å²) in [7, 11) is 0. The van der Waals surface area contributed by atoms with Gasteiger partial charge in [0.15, 0.2) is 5.78 Å². The van der Waals surface area contributed by atoms with Crippen LogP contribution in [0.15, 0.2) is 65.9 Å². The van der Waals surface area contributed by atoms with Crippen molar-refractivity contribution in [2.24, 2.45) is 5.92 Å². The van der Waals surface area contributed by atoms with E-state index in [1.165, 1.54) is 31.2 Å². The Hall–Kier alpha value is -3.98. The van der Waals surface area contributed by atoms with E-state index in [-0.39, 0.29) is 34.7 Å². The van der Waals surface area contributed by atoms with E-state index in [9.17, 15) is 34.5 Å². The zero-order valence-corrected chi connectivity index (χ0v) is 17.1. The number of fused-ring (bicyclic) bond motifs is 2. The van der Waals surface area contributed by atoms with Crippen molar-refractivity contribution in [2.75, 3.05) is 5.32 Å². The zero-order valence-electron chi connectivity index (χ0n) is 17.1. The number of carbonyl (C=O) groups is 4. The first-order valence-corrected chi connectivity index (χ1v) is 9.84. The minimum absolute atomic E-state index is 0.0218. The molecule has 0 saturated heterocycles. The molecular formula is C23H22N2O7. The Morgan fingerprint density at radius 3 is 2.62 bits per heavy atom. The lowest BCUT2D eigenvalue weighted by atomic mass is 9.91. The summed E-state index contributed by atoms with van der Waals surface area (Å²) in [6.45, 7) is 1.49. The number of aromatic carboxylic acids is 1. The molecule has 0 spiro atoms. The highest BCUT2D eigenvalue weighted by Crippen LogP contribution is 2.27. The Balaban J connectivity index is 2.04. The van der Waals surface area contributed by atoms with E-state index in [0.717, 1.165) is 12.2 Å². The van der Waals surface area contributed by atoms with Crippen LogP contribution in [0.5, 0.6) is 5.75 Å². The van der Waals surface area contributed by atoms with Crippen LogP contribution >= 0.6 is 0 Å². The third-order valence-electron chi connectivity index (χ3n) is 5.14. The van der Waals surface area contributed by atoms with Gasteiger partial charge in [0.1, 0.15) is 5.75 Å². The van der Waals surface area contributed by atoms with Gasteiger partial charge in [0.05, 0.1) is 35.0 Å². The molecule has 1 aliphatic carbocycles. The van der Waals surface area contributed by atoms with Crippen LogP contribution in [0, 0.1) is 5.92 Å². The first-order valence-electron chi connectivity index (χ1n) is 9.84. The number of nitrogens with one attached hydrogen (secondary N) is 2. The number of anilines is 1. The maximum absolute atomic E-state index is 13.1. The number of ketones is 2. The summed E-state index contributed by atoms with van der Waals surface area (Å²) in [5, 5.41) is 34.7. The number of rotatable bonds is 3.